The van der Waals surface area contributed by atoms with Crippen LogP contribution in [-0.2, 0) is 0 Å². The van der Waals surface area contributed by atoms with Gasteiger partial charge in [0.05, 0.1) is 0 Å². The second kappa shape index (κ2) is 8.94. The van der Waals surface area contributed by atoms with E-state index in [9.17, 15) is 4.79 Å². The van der Waals surface area contributed by atoms with Crippen molar-refractivity contribution < 1.29 is 4.79 Å². The highest BCUT2D eigenvalue weighted by Gasteiger charge is 2.11. The van der Waals surface area contributed by atoms with Crippen LogP contribution in [0.4, 0.5) is 0 Å². The van der Waals surface area contributed by atoms with Gasteiger partial charge in [-0.15, -0.1) is 12.4 Å². The van der Waals surface area contributed by atoms with E-state index in [0.717, 1.165) is 36.2 Å². The number of nitrogens with one attached hydrogen (secondary N) is 2. The lowest BCUT2D eigenvalue weighted by Crippen LogP contribution is -2.32. The van der Waals surface area contributed by atoms with E-state index >= 15 is 0 Å². The molecule has 19 heavy (non-hydrogen) atoms. The maximum absolute atomic E-state index is 12.1. The Morgan fingerprint density at radius 1 is 1.05 bits per heavy atom. The third-order valence-electron chi connectivity index (χ3n) is 2.92. The van der Waals surface area contributed by atoms with Crippen LogP contribution in [0.2, 0.25) is 0 Å². The minimum atomic E-state index is 0. The monoisotopic (exact) mass is 284 g/mol. The van der Waals surface area contributed by atoms with E-state index in [4.69, 9.17) is 0 Å². The van der Waals surface area contributed by atoms with Crippen LogP contribution in [0.1, 0.15) is 40.4 Å². The summed E-state index contributed by atoms with van der Waals surface area (Å²) < 4.78 is 0. The molecule has 1 aromatic carbocycles. The lowest BCUT2D eigenvalue weighted by molar-refractivity contribution is 0.0952. The zero-order chi connectivity index (χ0) is 13.5. The molecular formula is C15H25ClN2O. The summed E-state index contributed by atoms with van der Waals surface area (Å²) in [6, 6.07) is 4.11. The summed E-state index contributed by atoms with van der Waals surface area (Å²) in [5.74, 6) is 0.0308. The van der Waals surface area contributed by atoms with Gasteiger partial charge in [0, 0.05) is 18.7 Å². The minimum Gasteiger partial charge on any atom is -0.351 e. The second-order valence-electron chi connectivity index (χ2n) is 4.78. The summed E-state index contributed by atoms with van der Waals surface area (Å²) in [6.07, 6.45) is 1.12. The predicted molar refractivity (Wildman–Crippen MR) is 83.4 cm³/mol. The molecule has 1 aromatic rings. The molecule has 0 aliphatic rings. The van der Waals surface area contributed by atoms with Crippen LogP contribution in [-0.4, -0.2) is 25.5 Å². The zero-order valence-corrected chi connectivity index (χ0v) is 13.1. The van der Waals surface area contributed by atoms with Gasteiger partial charge in [-0.1, -0.05) is 24.6 Å². The number of aryl methyl sites for hydroxylation is 3. The smallest absolute Gasteiger partial charge is 0.251 e. The van der Waals surface area contributed by atoms with E-state index in [1.165, 1.54) is 5.56 Å². The molecule has 0 heterocycles. The van der Waals surface area contributed by atoms with Crippen molar-refractivity contribution in [2.45, 2.75) is 34.1 Å². The number of amides is 1. The van der Waals surface area contributed by atoms with Crippen molar-refractivity contribution in [2.24, 2.45) is 0 Å². The van der Waals surface area contributed by atoms with Crippen molar-refractivity contribution in [1.82, 2.24) is 10.6 Å². The normalized spacial score (nSPS) is 9.89. The summed E-state index contributed by atoms with van der Waals surface area (Å²) in [6.45, 7) is 10.7. The van der Waals surface area contributed by atoms with Gasteiger partial charge in [-0.3, -0.25) is 4.79 Å². The second-order valence-corrected chi connectivity index (χ2v) is 4.78. The highest BCUT2D eigenvalue weighted by molar-refractivity contribution is 5.97. The van der Waals surface area contributed by atoms with Crippen molar-refractivity contribution in [3.8, 4) is 0 Å². The molecule has 1 amide bonds. The fourth-order valence-corrected chi connectivity index (χ4v) is 2.19. The Morgan fingerprint density at radius 2 is 1.63 bits per heavy atom. The van der Waals surface area contributed by atoms with Crippen LogP contribution in [0.5, 0.6) is 0 Å². The van der Waals surface area contributed by atoms with Crippen LogP contribution < -0.4 is 10.6 Å². The molecule has 3 nitrogen and oxygen atoms in total. The highest BCUT2D eigenvalue weighted by Crippen LogP contribution is 2.15. The third-order valence-corrected chi connectivity index (χ3v) is 2.92. The SMILES string of the molecule is CCCNCCNC(=O)c1c(C)cc(C)cc1C.Cl. The largest absolute Gasteiger partial charge is 0.351 e. The number of halogens is 1. The molecule has 0 aliphatic carbocycles. The van der Waals surface area contributed by atoms with Crippen molar-refractivity contribution in [3.63, 3.8) is 0 Å². The Balaban J connectivity index is 0.00000324. The summed E-state index contributed by atoms with van der Waals surface area (Å²) in [5, 5.41) is 6.22. The standard InChI is InChI=1S/C15H24N2O.ClH/c1-5-6-16-7-8-17-15(18)14-12(3)9-11(2)10-13(14)4;/h9-10,16H,5-8H2,1-4H3,(H,17,18);1H. The fraction of sp³-hybridized carbons (Fsp3) is 0.533. The van der Waals surface area contributed by atoms with Gasteiger partial charge in [-0.2, -0.15) is 0 Å². The number of hydrogen-bond donors (Lipinski definition) is 2. The first-order chi connectivity index (χ1) is 8.56. The summed E-state index contributed by atoms with van der Waals surface area (Å²) in [7, 11) is 0. The van der Waals surface area contributed by atoms with Gasteiger partial charge >= 0.3 is 0 Å². The lowest BCUT2D eigenvalue weighted by Gasteiger charge is -2.12. The molecule has 0 bridgehead atoms. The van der Waals surface area contributed by atoms with Crippen LogP contribution in [0, 0.1) is 20.8 Å². The summed E-state index contributed by atoms with van der Waals surface area (Å²) in [4.78, 5) is 12.1. The van der Waals surface area contributed by atoms with E-state index < -0.39 is 0 Å². The molecule has 0 aliphatic heterocycles. The zero-order valence-electron chi connectivity index (χ0n) is 12.3. The average Bonchev–Trinajstić information content (AvgIpc) is 2.27. The molecular weight excluding hydrogens is 260 g/mol. The van der Waals surface area contributed by atoms with Gasteiger partial charge in [0.25, 0.3) is 5.91 Å². The van der Waals surface area contributed by atoms with Gasteiger partial charge in [-0.25, -0.2) is 0 Å². The molecule has 2 N–H and O–H groups in total. The molecule has 0 aromatic heterocycles. The van der Waals surface area contributed by atoms with Crippen molar-refractivity contribution >= 4 is 18.3 Å². The van der Waals surface area contributed by atoms with Gasteiger partial charge in [0.1, 0.15) is 0 Å². The third kappa shape index (κ3) is 5.62. The molecule has 0 atom stereocenters. The number of rotatable bonds is 6. The molecule has 0 unspecified atom stereocenters. The number of carbonyl (C=O) groups excluding carboxylic acids is 1. The lowest BCUT2D eigenvalue weighted by atomic mass is 9.99. The Hall–Kier alpha value is -1.06. The van der Waals surface area contributed by atoms with Gasteiger partial charge in [-0.05, 0) is 44.9 Å². The minimum absolute atomic E-state index is 0. The topological polar surface area (TPSA) is 41.1 Å². The van der Waals surface area contributed by atoms with Crippen LogP contribution in [0.25, 0.3) is 0 Å². The summed E-state index contributed by atoms with van der Waals surface area (Å²) >= 11 is 0. The average molecular weight is 285 g/mol. The summed E-state index contributed by atoms with van der Waals surface area (Å²) in [5.41, 5.74) is 4.11. The Morgan fingerprint density at radius 3 is 2.16 bits per heavy atom. The van der Waals surface area contributed by atoms with Gasteiger partial charge in [0.15, 0.2) is 0 Å². The molecule has 0 fully saturated rings. The maximum Gasteiger partial charge on any atom is 0.251 e. The van der Waals surface area contributed by atoms with E-state index in [0.29, 0.717) is 6.54 Å². The Bertz CT molecular complexity index is 396. The molecule has 0 saturated carbocycles. The molecule has 108 valence electrons. The van der Waals surface area contributed by atoms with Gasteiger partial charge < -0.3 is 10.6 Å². The molecule has 0 saturated heterocycles. The quantitative estimate of drug-likeness (QED) is 0.789. The van der Waals surface area contributed by atoms with E-state index in [-0.39, 0.29) is 18.3 Å². The first-order valence-corrected chi connectivity index (χ1v) is 6.63. The first-order valence-electron chi connectivity index (χ1n) is 6.63. The molecule has 4 heteroatoms. The molecule has 0 radical (unpaired) electrons. The fourth-order valence-electron chi connectivity index (χ4n) is 2.19. The number of hydrogen-bond acceptors (Lipinski definition) is 2. The number of benzene rings is 1. The molecule has 1 rings (SSSR count). The van der Waals surface area contributed by atoms with Crippen molar-refractivity contribution in [1.29, 1.82) is 0 Å². The molecule has 0 spiro atoms. The highest BCUT2D eigenvalue weighted by atomic mass is 35.5. The van der Waals surface area contributed by atoms with Crippen molar-refractivity contribution in [3.05, 3.63) is 34.4 Å². The maximum atomic E-state index is 12.1. The van der Waals surface area contributed by atoms with E-state index in [1.807, 2.05) is 13.8 Å². The van der Waals surface area contributed by atoms with Gasteiger partial charge in [0.2, 0.25) is 0 Å². The van der Waals surface area contributed by atoms with E-state index in [1.54, 1.807) is 0 Å². The van der Waals surface area contributed by atoms with Crippen molar-refractivity contribution in [2.75, 3.05) is 19.6 Å². The Kier molecular flexibility index (Phi) is 8.44. The van der Waals surface area contributed by atoms with E-state index in [2.05, 4.69) is 36.6 Å². The predicted octanol–water partition coefficient (Wildman–Crippen LogP) is 2.76. The van der Waals surface area contributed by atoms with Crippen LogP contribution in [0.15, 0.2) is 12.1 Å². The van der Waals surface area contributed by atoms with Crippen LogP contribution >= 0.6 is 12.4 Å². The number of carbonyl (C=O) groups is 1. The Labute approximate surface area is 122 Å². The first kappa shape index (κ1) is 17.9. The van der Waals surface area contributed by atoms with Crippen LogP contribution in [0.3, 0.4) is 0 Å².